The van der Waals surface area contributed by atoms with E-state index in [1.807, 2.05) is 0 Å². The predicted octanol–water partition coefficient (Wildman–Crippen LogP) is 3.28. The van der Waals surface area contributed by atoms with Crippen LogP contribution in [-0.4, -0.2) is 4.98 Å². The van der Waals surface area contributed by atoms with Crippen LogP contribution in [0.3, 0.4) is 0 Å². The van der Waals surface area contributed by atoms with Gasteiger partial charge in [-0.25, -0.2) is 13.8 Å². The fourth-order valence-corrected chi connectivity index (χ4v) is 1.46. The molecule has 0 aliphatic carbocycles. The number of nitriles is 1. The SMILES string of the molecule is N#Cc1cc(Cl)nc(C(F)F)c1CCl. The summed E-state index contributed by atoms with van der Waals surface area (Å²) < 4.78 is 24.8. The Bertz CT molecular complexity index is 388. The highest BCUT2D eigenvalue weighted by Gasteiger charge is 2.18. The summed E-state index contributed by atoms with van der Waals surface area (Å²) in [5.41, 5.74) is -0.451. The molecule has 6 heteroatoms. The zero-order valence-electron chi connectivity index (χ0n) is 6.77. The summed E-state index contributed by atoms with van der Waals surface area (Å²) in [6.07, 6.45) is -2.78. The molecule has 0 fully saturated rings. The molecule has 14 heavy (non-hydrogen) atoms. The standard InChI is InChI=1S/C8H4Cl2F2N2/c9-2-5-4(3-13)1-6(10)14-7(5)8(11)12/h1,8H,2H2. The molecule has 0 unspecified atom stereocenters. The van der Waals surface area contributed by atoms with Gasteiger partial charge in [0.25, 0.3) is 6.43 Å². The molecule has 0 aromatic carbocycles. The highest BCUT2D eigenvalue weighted by atomic mass is 35.5. The van der Waals surface area contributed by atoms with Crippen molar-refractivity contribution in [3.63, 3.8) is 0 Å². The maximum Gasteiger partial charge on any atom is 0.280 e. The summed E-state index contributed by atoms with van der Waals surface area (Å²) in [4.78, 5) is 3.43. The number of halogens is 4. The van der Waals surface area contributed by atoms with Crippen LogP contribution >= 0.6 is 23.2 Å². The Kier molecular flexibility index (Phi) is 3.62. The second-order valence-electron chi connectivity index (χ2n) is 2.40. The first-order valence-electron chi connectivity index (χ1n) is 3.53. The maximum atomic E-state index is 12.4. The molecule has 1 aromatic heterocycles. The van der Waals surface area contributed by atoms with Gasteiger partial charge in [0, 0.05) is 5.56 Å². The molecule has 0 N–H and O–H groups in total. The molecular formula is C8H4Cl2F2N2. The number of hydrogen-bond donors (Lipinski definition) is 0. The van der Waals surface area contributed by atoms with Crippen LogP contribution in [0.4, 0.5) is 8.78 Å². The van der Waals surface area contributed by atoms with Crippen LogP contribution in [0.25, 0.3) is 0 Å². The van der Waals surface area contributed by atoms with Crippen molar-refractivity contribution in [2.75, 3.05) is 0 Å². The Balaban J connectivity index is 3.41. The van der Waals surface area contributed by atoms with Crippen molar-refractivity contribution in [2.45, 2.75) is 12.3 Å². The van der Waals surface area contributed by atoms with Crippen molar-refractivity contribution in [2.24, 2.45) is 0 Å². The molecule has 0 bridgehead atoms. The third-order valence-corrected chi connectivity index (χ3v) is 2.05. The number of alkyl halides is 3. The van der Waals surface area contributed by atoms with E-state index < -0.39 is 12.1 Å². The fraction of sp³-hybridized carbons (Fsp3) is 0.250. The van der Waals surface area contributed by atoms with Crippen LogP contribution in [0.15, 0.2) is 6.07 Å². The van der Waals surface area contributed by atoms with Gasteiger partial charge >= 0.3 is 0 Å². The van der Waals surface area contributed by atoms with Gasteiger partial charge in [-0.3, -0.25) is 0 Å². The zero-order valence-corrected chi connectivity index (χ0v) is 8.28. The Morgan fingerprint density at radius 1 is 1.57 bits per heavy atom. The minimum Gasteiger partial charge on any atom is -0.235 e. The third-order valence-electron chi connectivity index (χ3n) is 1.59. The van der Waals surface area contributed by atoms with Gasteiger partial charge in [0.1, 0.15) is 10.8 Å². The first-order chi connectivity index (χ1) is 6.60. The highest BCUT2D eigenvalue weighted by molar-refractivity contribution is 6.29. The molecule has 0 aliphatic rings. The van der Waals surface area contributed by atoms with Gasteiger partial charge in [-0.15, -0.1) is 11.6 Å². The lowest BCUT2D eigenvalue weighted by Crippen LogP contribution is -2.00. The molecule has 0 amide bonds. The van der Waals surface area contributed by atoms with Gasteiger partial charge < -0.3 is 0 Å². The van der Waals surface area contributed by atoms with Crippen LogP contribution < -0.4 is 0 Å². The summed E-state index contributed by atoms with van der Waals surface area (Å²) in [5.74, 6) is -0.188. The topological polar surface area (TPSA) is 36.7 Å². The third kappa shape index (κ3) is 2.11. The molecule has 0 saturated heterocycles. The molecule has 1 heterocycles. The molecule has 1 aromatic rings. The quantitative estimate of drug-likeness (QED) is 0.584. The van der Waals surface area contributed by atoms with E-state index >= 15 is 0 Å². The molecule has 0 saturated carbocycles. The van der Waals surface area contributed by atoms with Crippen LogP contribution in [-0.2, 0) is 5.88 Å². The van der Waals surface area contributed by atoms with E-state index in [1.54, 1.807) is 6.07 Å². The van der Waals surface area contributed by atoms with Crippen LogP contribution in [0.1, 0.15) is 23.2 Å². The number of rotatable bonds is 2. The molecule has 0 spiro atoms. The Morgan fingerprint density at radius 3 is 2.64 bits per heavy atom. The van der Waals surface area contributed by atoms with Gasteiger partial charge in [-0.2, -0.15) is 5.26 Å². The van der Waals surface area contributed by atoms with E-state index in [-0.39, 0.29) is 22.2 Å². The van der Waals surface area contributed by atoms with Crippen molar-refractivity contribution in [1.29, 1.82) is 5.26 Å². The van der Waals surface area contributed by atoms with Gasteiger partial charge in [0.15, 0.2) is 0 Å². The number of hydrogen-bond acceptors (Lipinski definition) is 2. The van der Waals surface area contributed by atoms with Gasteiger partial charge in [0.05, 0.1) is 17.5 Å². The second kappa shape index (κ2) is 4.54. The first kappa shape index (κ1) is 11.2. The summed E-state index contributed by atoms with van der Waals surface area (Å²) in [7, 11) is 0. The van der Waals surface area contributed by atoms with Crippen molar-refractivity contribution in [3.8, 4) is 6.07 Å². The number of nitrogens with zero attached hydrogens (tertiary/aromatic N) is 2. The lowest BCUT2D eigenvalue weighted by atomic mass is 10.1. The van der Waals surface area contributed by atoms with Crippen molar-refractivity contribution in [1.82, 2.24) is 4.98 Å². The summed E-state index contributed by atoms with van der Waals surface area (Å²) in [5, 5.41) is 8.51. The molecule has 0 atom stereocenters. The largest absolute Gasteiger partial charge is 0.280 e. The first-order valence-corrected chi connectivity index (χ1v) is 4.45. The predicted molar refractivity (Wildman–Crippen MR) is 48.5 cm³/mol. The van der Waals surface area contributed by atoms with Crippen molar-refractivity contribution >= 4 is 23.2 Å². The number of pyridine rings is 1. The monoisotopic (exact) mass is 236 g/mol. The molecule has 0 aliphatic heterocycles. The van der Waals surface area contributed by atoms with E-state index in [0.717, 1.165) is 0 Å². The summed E-state index contributed by atoms with van der Waals surface area (Å²) >= 11 is 10.9. The maximum absolute atomic E-state index is 12.4. The van der Waals surface area contributed by atoms with E-state index in [2.05, 4.69) is 4.98 Å². The van der Waals surface area contributed by atoms with Crippen molar-refractivity contribution < 1.29 is 8.78 Å². The molecular weight excluding hydrogens is 233 g/mol. The van der Waals surface area contributed by atoms with Crippen LogP contribution in [0.5, 0.6) is 0 Å². The molecule has 1 rings (SSSR count). The second-order valence-corrected chi connectivity index (χ2v) is 3.06. The molecule has 2 nitrogen and oxygen atoms in total. The van der Waals surface area contributed by atoms with Gasteiger partial charge in [0.2, 0.25) is 0 Å². The minimum absolute atomic E-state index is 0.0357. The molecule has 74 valence electrons. The van der Waals surface area contributed by atoms with Gasteiger partial charge in [-0.05, 0) is 6.07 Å². The van der Waals surface area contributed by atoms with E-state index in [0.29, 0.717) is 0 Å². The number of aromatic nitrogens is 1. The van der Waals surface area contributed by atoms with Crippen LogP contribution in [0, 0.1) is 11.3 Å². The lowest BCUT2D eigenvalue weighted by molar-refractivity contribution is 0.145. The Labute approximate surface area is 89.1 Å². The fourth-order valence-electron chi connectivity index (χ4n) is 0.980. The van der Waals surface area contributed by atoms with E-state index in [4.69, 9.17) is 28.5 Å². The normalized spacial score (nSPS) is 10.3. The summed E-state index contributed by atoms with van der Waals surface area (Å²) in [6, 6.07) is 2.95. The van der Waals surface area contributed by atoms with E-state index in [1.165, 1.54) is 6.07 Å². The Hall–Kier alpha value is -0.920. The average molecular weight is 237 g/mol. The van der Waals surface area contributed by atoms with Gasteiger partial charge in [-0.1, -0.05) is 11.6 Å². The summed E-state index contributed by atoms with van der Waals surface area (Å²) in [6.45, 7) is 0. The average Bonchev–Trinajstić information content (AvgIpc) is 2.16. The van der Waals surface area contributed by atoms with Crippen LogP contribution in [0.2, 0.25) is 5.15 Å². The van der Waals surface area contributed by atoms with E-state index in [9.17, 15) is 8.78 Å². The van der Waals surface area contributed by atoms with Crippen molar-refractivity contribution in [3.05, 3.63) is 28.0 Å². The Morgan fingerprint density at radius 2 is 2.21 bits per heavy atom. The minimum atomic E-state index is -2.78. The highest BCUT2D eigenvalue weighted by Crippen LogP contribution is 2.26. The molecule has 0 radical (unpaired) electrons. The smallest absolute Gasteiger partial charge is 0.235 e. The zero-order chi connectivity index (χ0) is 10.7. The lowest BCUT2D eigenvalue weighted by Gasteiger charge is -2.07.